The Bertz CT molecular complexity index is 507. The first kappa shape index (κ1) is 23.6. The summed E-state index contributed by atoms with van der Waals surface area (Å²) in [5.41, 5.74) is 0. The van der Waals surface area contributed by atoms with Crippen LogP contribution in [0, 0.1) is 0 Å². The minimum atomic E-state index is 0. The number of hydrogen-bond donors (Lipinski definition) is 2. The molecule has 150 valence electrons. The predicted octanol–water partition coefficient (Wildman–Crippen LogP) is 3.01. The maximum atomic E-state index is 5.88. The van der Waals surface area contributed by atoms with Crippen LogP contribution in [0.4, 0.5) is 0 Å². The summed E-state index contributed by atoms with van der Waals surface area (Å²) in [7, 11) is 0. The van der Waals surface area contributed by atoms with E-state index in [4.69, 9.17) is 9.47 Å². The molecule has 0 spiro atoms. The van der Waals surface area contributed by atoms with E-state index in [-0.39, 0.29) is 24.0 Å². The summed E-state index contributed by atoms with van der Waals surface area (Å²) in [5.74, 6) is 0.876. The van der Waals surface area contributed by atoms with Gasteiger partial charge in [-0.3, -0.25) is 4.99 Å². The van der Waals surface area contributed by atoms with Crippen molar-refractivity contribution >= 4 is 41.3 Å². The number of aromatic nitrogens is 1. The topological polar surface area (TPSA) is 67.8 Å². The van der Waals surface area contributed by atoms with Gasteiger partial charge in [-0.2, -0.15) is 0 Å². The Morgan fingerprint density at radius 3 is 2.85 bits per heavy atom. The van der Waals surface area contributed by atoms with Gasteiger partial charge in [0.05, 0.1) is 11.1 Å². The molecule has 2 rings (SSSR count). The van der Waals surface area contributed by atoms with Gasteiger partial charge in [0.15, 0.2) is 5.96 Å². The monoisotopic (exact) mass is 496 g/mol. The molecule has 6 nitrogen and oxygen atoms in total. The van der Waals surface area contributed by atoms with Crippen LogP contribution in [0.25, 0.3) is 0 Å². The highest BCUT2D eigenvalue weighted by atomic mass is 127. The van der Waals surface area contributed by atoms with E-state index in [9.17, 15) is 0 Å². The second-order valence-corrected chi connectivity index (χ2v) is 7.25. The molecule has 2 heterocycles. The van der Waals surface area contributed by atoms with Gasteiger partial charge in [-0.25, -0.2) is 4.98 Å². The lowest BCUT2D eigenvalue weighted by Gasteiger charge is -2.22. The third-order valence-electron chi connectivity index (χ3n) is 4.02. The number of rotatable bonds is 10. The molecule has 0 amide bonds. The van der Waals surface area contributed by atoms with Crippen LogP contribution in [0.5, 0.6) is 0 Å². The second-order valence-electron chi connectivity index (χ2n) is 6.05. The Hall–Kier alpha value is -0.450. The van der Waals surface area contributed by atoms with E-state index < -0.39 is 0 Å². The van der Waals surface area contributed by atoms with Gasteiger partial charge in [0.1, 0.15) is 0 Å². The highest BCUT2D eigenvalue weighted by Gasteiger charge is 2.13. The number of halogens is 1. The van der Waals surface area contributed by atoms with Crippen LogP contribution in [0.1, 0.15) is 43.0 Å². The summed E-state index contributed by atoms with van der Waals surface area (Å²) < 4.78 is 11.2. The fourth-order valence-electron chi connectivity index (χ4n) is 2.60. The minimum Gasteiger partial charge on any atom is -0.381 e. The first-order chi connectivity index (χ1) is 12.3. The van der Waals surface area contributed by atoms with Crippen LogP contribution in [-0.2, 0) is 22.3 Å². The standard InChI is InChI=1S/C18H32N4O2S.HI/c1-3-16-14-22-17(25-16)6-10-21-18(19-4-2)20-9-5-11-24-15-7-12-23-13-8-15;/h14-15H,3-13H2,1-2H3,(H2,19,20,21);1H. The van der Waals surface area contributed by atoms with E-state index in [0.717, 1.165) is 77.5 Å². The van der Waals surface area contributed by atoms with Crippen molar-refractivity contribution in [2.45, 2.75) is 52.1 Å². The van der Waals surface area contributed by atoms with Crippen molar-refractivity contribution in [3.05, 3.63) is 16.1 Å². The minimum absolute atomic E-state index is 0. The summed E-state index contributed by atoms with van der Waals surface area (Å²) in [6.07, 6.45) is 7.33. The third-order valence-corrected chi connectivity index (χ3v) is 5.22. The Morgan fingerprint density at radius 2 is 2.15 bits per heavy atom. The van der Waals surface area contributed by atoms with Crippen LogP contribution >= 0.6 is 35.3 Å². The van der Waals surface area contributed by atoms with E-state index >= 15 is 0 Å². The van der Waals surface area contributed by atoms with Crippen molar-refractivity contribution in [2.75, 3.05) is 39.5 Å². The smallest absolute Gasteiger partial charge is 0.191 e. The summed E-state index contributed by atoms with van der Waals surface area (Å²) in [6.45, 7) is 9.16. The molecule has 2 N–H and O–H groups in total. The van der Waals surface area contributed by atoms with Crippen molar-refractivity contribution in [2.24, 2.45) is 4.99 Å². The van der Waals surface area contributed by atoms with E-state index in [1.807, 2.05) is 6.20 Å². The van der Waals surface area contributed by atoms with Crippen LogP contribution in [-0.4, -0.2) is 56.5 Å². The largest absolute Gasteiger partial charge is 0.381 e. The molecule has 0 aromatic carbocycles. The SMILES string of the molecule is CCNC(=NCCCOC1CCOCC1)NCCc1ncc(CC)s1.I. The molecule has 1 aromatic heterocycles. The van der Waals surface area contributed by atoms with Crippen molar-refractivity contribution in [3.8, 4) is 0 Å². The number of thiazole rings is 1. The number of aliphatic imine (C=N–C) groups is 1. The maximum Gasteiger partial charge on any atom is 0.191 e. The zero-order valence-electron chi connectivity index (χ0n) is 16.0. The van der Waals surface area contributed by atoms with Crippen LogP contribution in [0.2, 0.25) is 0 Å². The Kier molecular flexibility index (Phi) is 13.2. The van der Waals surface area contributed by atoms with Gasteiger partial charge < -0.3 is 20.1 Å². The molecule has 0 saturated carbocycles. The number of guanidine groups is 1. The first-order valence-electron chi connectivity index (χ1n) is 9.47. The molecule has 0 aliphatic carbocycles. The number of ether oxygens (including phenoxy) is 2. The molecule has 1 saturated heterocycles. The van der Waals surface area contributed by atoms with Gasteiger partial charge in [0.2, 0.25) is 0 Å². The highest BCUT2D eigenvalue weighted by molar-refractivity contribution is 14.0. The van der Waals surface area contributed by atoms with Crippen LogP contribution in [0.3, 0.4) is 0 Å². The Morgan fingerprint density at radius 1 is 1.35 bits per heavy atom. The van der Waals surface area contributed by atoms with Crippen LogP contribution < -0.4 is 10.6 Å². The lowest BCUT2D eigenvalue weighted by Crippen LogP contribution is -2.38. The van der Waals surface area contributed by atoms with Crippen molar-refractivity contribution in [1.82, 2.24) is 15.6 Å². The Balaban J connectivity index is 0.00000338. The lowest BCUT2D eigenvalue weighted by molar-refractivity contribution is -0.0318. The molecule has 1 aliphatic rings. The molecule has 0 bridgehead atoms. The van der Waals surface area contributed by atoms with Gasteiger partial charge in [-0.1, -0.05) is 6.92 Å². The highest BCUT2D eigenvalue weighted by Crippen LogP contribution is 2.13. The van der Waals surface area contributed by atoms with Gasteiger partial charge in [-0.15, -0.1) is 35.3 Å². The van der Waals surface area contributed by atoms with Crippen LogP contribution in [0.15, 0.2) is 11.2 Å². The molecular formula is C18H33IN4O2S. The summed E-state index contributed by atoms with van der Waals surface area (Å²) in [5, 5.41) is 7.86. The fourth-order valence-corrected chi connectivity index (χ4v) is 3.47. The molecule has 1 fully saturated rings. The van der Waals surface area contributed by atoms with E-state index in [2.05, 4.69) is 34.5 Å². The van der Waals surface area contributed by atoms with Crippen molar-refractivity contribution < 1.29 is 9.47 Å². The third kappa shape index (κ3) is 9.48. The molecule has 1 aromatic rings. The number of nitrogens with one attached hydrogen (secondary N) is 2. The number of hydrogen-bond acceptors (Lipinski definition) is 5. The van der Waals surface area contributed by atoms with E-state index in [1.54, 1.807) is 11.3 Å². The zero-order chi connectivity index (χ0) is 17.7. The van der Waals surface area contributed by atoms with Crippen molar-refractivity contribution in [1.29, 1.82) is 0 Å². The normalized spacial score (nSPS) is 15.5. The summed E-state index contributed by atoms with van der Waals surface area (Å²) in [6, 6.07) is 0. The molecule has 0 unspecified atom stereocenters. The number of aryl methyl sites for hydroxylation is 1. The van der Waals surface area contributed by atoms with Gasteiger partial charge in [0.25, 0.3) is 0 Å². The van der Waals surface area contributed by atoms with E-state index in [1.165, 1.54) is 9.88 Å². The number of nitrogens with zero attached hydrogens (tertiary/aromatic N) is 2. The molecule has 1 aliphatic heterocycles. The van der Waals surface area contributed by atoms with Gasteiger partial charge in [-0.05, 0) is 32.6 Å². The first-order valence-corrected chi connectivity index (χ1v) is 10.3. The Labute approximate surface area is 178 Å². The summed E-state index contributed by atoms with van der Waals surface area (Å²) in [4.78, 5) is 10.4. The molecular weight excluding hydrogens is 463 g/mol. The average molecular weight is 496 g/mol. The fraction of sp³-hybridized carbons (Fsp3) is 0.778. The van der Waals surface area contributed by atoms with Crippen molar-refractivity contribution in [3.63, 3.8) is 0 Å². The predicted molar refractivity (Wildman–Crippen MR) is 119 cm³/mol. The molecule has 26 heavy (non-hydrogen) atoms. The quantitative estimate of drug-likeness (QED) is 0.226. The zero-order valence-corrected chi connectivity index (χ0v) is 19.1. The van der Waals surface area contributed by atoms with Gasteiger partial charge >= 0.3 is 0 Å². The van der Waals surface area contributed by atoms with E-state index in [0.29, 0.717) is 6.10 Å². The second kappa shape index (κ2) is 14.6. The average Bonchev–Trinajstić information content (AvgIpc) is 3.10. The van der Waals surface area contributed by atoms with Gasteiger partial charge in [0, 0.05) is 56.9 Å². The molecule has 0 atom stereocenters. The summed E-state index contributed by atoms with van der Waals surface area (Å²) >= 11 is 1.80. The molecule has 8 heteroatoms. The molecule has 0 radical (unpaired) electrons. The maximum absolute atomic E-state index is 5.88. The lowest BCUT2D eigenvalue weighted by atomic mass is 10.1.